The Hall–Kier alpha value is -1.22. The fourth-order valence-electron chi connectivity index (χ4n) is 2.31. The summed E-state index contributed by atoms with van der Waals surface area (Å²) in [5.74, 6) is 5.31. The topological polar surface area (TPSA) is 100 Å². The second kappa shape index (κ2) is 6.98. The van der Waals surface area contributed by atoms with Crippen molar-refractivity contribution in [3.63, 3.8) is 0 Å². The second-order valence-electron chi connectivity index (χ2n) is 4.82. The van der Waals surface area contributed by atoms with Gasteiger partial charge < -0.3 is 10.3 Å². The Morgan fingerprint density at radius 2 is 2.10 bits per heavy atom. The van der Waals surface area contributed by atoms with Crippen LogP contribution in [0, 0.1) is 0 Å². The van der Waals surface area contributed by atoms with Crippen molar-refractivity contribution in [2.45, 2.75) is 24.2 Å². The van der Waals surface area contributed by atoms with E-state index < -0.39 is 10.0 Å². The predicted octanol–water partition coefficient (Wildman–Crippen LogP) is 0.131. The Bertz CT molecular complexity index is 528. The fraction of sp³-hybridized carbons (Fsp3) is 0.583. The van der Waals surface area contributed by atoms with Crippen LogP contribution in [0.1, 0.15) is 19.3 Å². The third kappa shape index (κ3) is 3.89. The van der Waals surface area contributed by atoms with E-state index in [9.17, 15) is 8.42 Å². The number of sulfonamides is 1. The maximum absolute atomic E-state index is 12.1. The number of hydrogen-bond donors (Lipinski definition) is 3. The highest BCUT2D eigenvalue weighted by Gasteiger charge is 2.18. The number of pyridine rings is 1. The molecular formula is C12H21N5O2S. The Labute approximate surface area is 119 Å². The number of rotatable bonds is 7. The summed E-state index contributed by atoms with van der Waals surface area (Å²) in [6.07, 6.45) is 6.06. The van der Waals surface area contributed by atoms with Gasteiger partial charge in [0.1, 0.15) is 4.90 Å². The van der Waals surface area contributed by atoms with Crippen LogP contribution in [0.3, 0.4) is 0 Å². The van der Waals surface area contributed by atoms with E-state index >= 15 is 0 Å². The summed E-state index contributed by atoms with van der Waals surface area (Å²) in [6.45, 7) is 3.59. The number of hydrazine groups is 1. The van der Waals surface area contributed by atoms with E-state index in [2.05, 4.69) is 20.0 Å². The number of nitrogens with two attached hydrogens (primary N) is 1. The van der Waals surface area contributed by atoms with Crippen molar-refractivity contribution in [1.82, 2.24) is 14.6 Å². The minimum absolute atomic E-state index is 0.0728. The molecule has 0 amide bonds. The summed E-state index contributed by atoms with van der Waals surface area (Å²) in [5.41, 5.74) is 2.71. The molecule has 7 nitrogen and oxygen atoms in total. The molecule has 8 heteroatoms. The third-order valence-electron chi connectivity index (χ3n) is 3.37. The van der Waals surface area contributed by atoms with E-state index in [0.29, 0.717) is 12.2 Å². The molecule has 0 bridgehead atoms. The zero-order valence-corrected chi connectivity index (χ0v) is 12.2. The number of nitrogens with zero attached hydrogens (tertiary/aromatic N) is 2. The van der Waals surface area contributed by atoms with E-state index in [1.54, 1.807) is 0 Å². The lowest BCUT2D eigenvalue weighted by Crippen LogP contribution is -2.29. The van der Waals surface area contributed by atoms with E-state index in [-0.39, 0.29) is 4.90 Å². The van der Waals surface area contributed by atoms with Crippen LogP contribution in [0.2, 0.25) is 0 Å². The molecule has 1 aliphatic rings. The van der Waals surface area contributed by atoms with Gasteiger partial charge in [-0.05, 0) is 45.0 Å². The summed E-state index contributed by atoms with van der Waals surface area (Å²) in [6, 6.07) is 1.53. The number of hydrogen-bond acceptors (Lipinski definition) is 6. The Balaban J connectivity index is 1.87. The maximum atomic E-state index is 12.1. The smallest absolute Gasteiger partial charge is 0.244 e. The van der Waals surface area contributed by atoms with E-state index in [1.807, 2.05) is 0 Å². The third-order valence-corrected chi connectivity index (χ3v) is 4.86. The molecule has 2 rings (SSSR count). The summed E-state index contributed by atoms with van der Waals surface area (Å²) < 4.78 is 26.9. The molecule has 2 heterocycles. The van der Waals surface area contributed by atoms with Crippen molar-refractivity contribution in [2.75, 3.05) is 31.6 Å². The van der Waals surface area contributed by atoms with Crippen LogP contribution in [0.25, 0.3) is 0 Å². The van der Waals surface area contributed by atoms with Crippen LogP contribution in [-0.2, 0) is 10.0 Å². The molecule has 0 aromatic carbocycles. The van der Waals surface area contributed by atoms with Crippen LogP contribution in [0.5, 0.6) is 0 Å². The van der Waals surface area contributed by atoms with Crippen molar-refractivity contribution < 1.29 is 8.42 Å². The van der Waals surface area contributed by atoms with Gasteiger partial charge in [-0.3, -0.25) is 10.8 Å². The summed E-state index contributed by atoms with van der Waals surface area (Å²) in [7, 11) is -3.57. The van der Waals surface area contributed by atoms with Crippen molar-refractivity contribution in [3.8, 4) is 0 Å². The molecule has 0 radical (unpaired) electrons. The Kier molecular flexibility index (Phi) is 5.30. The fourth-order valence-corrected chi connectivity index (χ4v) is 3.49. The zero-order valence-electron chi connectivity index (χ0n) is 11.4. The first-order chi connectivity index (χ1) is 9.63. The van der Waals surface area contributed by atoms with Gasteiger partial charge in [-0.25, -0.2) is 13.1 Å². The zero-order chi connectivity index (χ0) is 14.4. The first-order valence-electron chi connectivity index (χ1n) is 6.76. The SMILES string of the molecule is NNc1ccncc1S(=O)(=O)NCCCN1CCCC1. The quantitative estimate of drug-likeness (QED) is 0.376. The Morgan fingerprint density at radius 1 is 1.35 bits per heavy atom. The lowest BCUT2D eigenvalue weighted by atomic mass is 10.4. The van der Waals surface area contributed by atoms with Gasteiger partial charge >= 0.3 is 0 Å². The molecule has 0 saturated carbocycles. The van der Waals surface area contributed by atoms with E-state index in [0.717, 1.165) is 26.1 Å². The van der Waals surface area contributed by atoms with Gasteiger partial charge in [0.2, 0.25) is 10.0 Å². The van der Waals surface area contributed by atoms with Gasteiger partial charge in [-0.1, -0.05) is 0 Å². The molecule has 0 unspecified atom stereocenters. The highest BCUT2D eigenvalue weighted by molar-refractivity contribution is 7.89. The molecule has 1 aromatic rings. The van der Waals surface area contributed by atoms with Crippen molar-refractivity contribution in [2.24, 2.45) is 5.84 Å². The molecule has 0 aliphatic carbocycles. The van der Waals surface area contributed by atoms with Crippen LogP contribution in [0.15, 0.2) is 23.4 Å². The Morgan fingerprint density at radius 3 is 2.80 bits per heavy atom. The summed E-state index contributed by atoms with van der Waals surface area (Å²) in [5, 5.41) is 0. The summed E-state index contributed by atoms with van der Waals surface area (Å²) in [4.78, 5) is 6.25. The van der Waals surface area contributed by atoms with Gasteiger partial charge in [-0.2, -0.15) is 0 Å². The first-order valence-corrected chi connectivity index (χ1v) is 8.24. The molecule has 1 fully saturated rings. The normalized spacial score (nSPS) is 16.4. The molecule has 0 atom stereocenters. The van der Waals surface area contributed by atoms with Gasteiger partial charge in [-0.15, -0.1) is 0 Å². The van der Waals surface area contributed by atoms with Gasteiger partial charge in [0.25, 0.3) is 0 Å². The standard InChI is InChI=1S/C12H21N5O2S/c13-16-11-4-6-14-10-12(11)20(18,19)15-5-3-9-17-7-1-2-8-17/h4,6,10,15H,1-3,5,7-9,13H2,(H,14,16). The molecule has 112 valence electrons. The van der Waals surface area contributed by atoms with E-state index in [4.69, 9.17) is 5.84 Å². The molecule has 1 aromatic heterocycles. The van der Waals surface area contributed by atoms with Crippen LogP contribution < -0.4 is 16.0 Å². The second-order valence-corrected chi connectivity index (χ2v) is 6.55. The number of nitrogen functional groups attached to an aromatic ring is 1. The molecule has 4 N–H and O–H groups in total. The molecule has 1 saturated heterocycles. The van der Waals surface area contributed by atoms with Crippen LogP contribution in [-0.4, -0.2) is 44.5 Å². The first kappa shape index (κ1) is 15.2. The van der Waals surface area contributed by atoms with Gasteiger partial charge in [0.05, 0.1) is 5.69 Å². The predicted molar refractivity (Wildman–Crippen MR) is 77.5 cm³/mol. The average Bonchev–Trinajstić information content (AvgIpc) is 2.97. The van der Waals surface area contributed by atoms with E-state index in [1.165, 1.54) is 31.3 Å². The highest BCUT2D eigenvalue weighted by atomic mass is 32.2. The number of likely N-dealkylation sites (tertiary alicyclic amines) is 1. The van der Waals surface area contributed by atoms with Crippen LogP contribution >= 0.6 is 0 Å². The minimum Gasteiger partial charge on any atom is -0.323 e. The molecule has 1 aliphatic heterocycles. The lowest BCUT2D eigenvalue weighted by Gasteiger charge is -2.15. The largest absolute Gasteiger partial charge is 0.323 e. The summed E-state index contributed by atoms with van der Waals surface area (Å²) >= 11 is 0. The van der Waals surface area contributed by atoms with Crippen molar-refractivity contribution in [1.29, 1.82) is 0 Å². The molecule has 0 spiro atoms. The number of nitrogens with one attached hydrogen (secondary N) is 2. The monoisotopic (exact) mass is 299 g/mol. The average molecular weight is 299 g/mol. The maximum Gasteiger partial charge on any atom is 0.244 e. The molecular weight excluding hydrogens is 278 g/mol. The molecule has 20 heavy (non-hydrogen) atoms. The van der Waals surface area contributed by atoms with Gasteiger partial charge in [0, 0.05) is 18.9 Å². The van der Waals surface area contributed by atoms with Crippen molar-refractivity contribution in [3.05, 3.63) is 18.5 Å². The van der Waals surface area contributed by atoms with Crippen molar-refractivity contribution >= 4 is 15.7 Å². The number of anilines is 1. The van der Waals surface area contributed by atoms with Crippen LogP contribution in [0.4, 0.5) is 5.69 Å². The van der Waals surface area contributed by atoms with Gasteiger partial charge in [0.15, 0.2) is 0 Å². The lowest BCUT2D eigenvalue weighted by molar-refractivity contribution is 0.334. The minimum atomic E-state index is -3.57. The number of aromatic nitrogens is 1. The highest BCUT2D eigenvalue weighted by Crippen LogP contribution is 2.17.